The number of pyridine rings is 2. The Kier molecular flexibility index (Phi) is 8.33. The van der Waals surface area contributed by atoms with E-state index >= 15 is 0 Å². The summed E-state index contributed by atoms with van der Waals surface area (Å²) in [5.41, 5.74) is 2.78. The van der Waals surface area contributed by atoms with Crippen molar-refractivity contribution in [3.63, 3.8) is 0 Å². The van der Waals surface area contributed by atoms with Crippen molar-refractivity contribution < 1.29 is 14.3 Å². The molecule has 3 heterocycles. The number of likely N-dealkylation sites (tertiary alicyclic amines) is 1. The number of halogens is 1. The van der Waals surface area contributed by atoms with Crippen molar-refractivity contribution in [3.8, 4) is 0 Å². The van der Waals surface area contributed by atoms with Gasteiger partial charge >= 0.3 is 6.09 Å². The molecular weight excluding hydrogens is 482 g/mol. The van der Waals surface area contributed by atoms with E-state index in [1.165, 1.54) is 0 Å². The Hall–Kier alpha value is -3.07. The lowest BCUT2D eigenvalue weighted by Crippen LogP contribution is -2.47. The van der Waals surface area contributed by atoms with E-state index < -0.39 is 11.5 Å². The predicted molar refractivity (Wildman–Crippen MR) is 141 cm³/mol. The van der Waals surface area contributed by atoms with Crippen LogP contribution in [0, 0.1) is 20.8 Å². The highest BCUT2D eigenvalue weighted by Crippen LogP contribution is 2.32. The lowest BCUT2D eigenvalue weighted by atomic mass is 10.0. The number of hydrogen-bond acceptors (Lipinski definition) is 6. The zero-order valence-electron chi connectivity index (χ0n) is 22.1. The molecule has 0 unspecified atom stereocenters. The molecule has 10 heteroatoms. The maximum Gasteiger partial charge on any atom is 0.410 e. The number of nitrogens with one attached hydrogen (secondary N) is 2. The molecule has 0 radical (unpaired) electrons. The molecule has 0 saturated carbocycles. The second-order valence-electron chi connectivity index (χ2n) is 10.4. The average Bonchev–Trinajstić information content (AvgIpc) is 2.78. The van der Waals surface area contributed by atoms with Crippen LogP contribution in [-0.4, -0.2) is 58.6 Å². The topological polar surface area (TPSA) is 108 Å². The van der Waals surface area contributed by atoms with Crippen LogP contribution in [0.25, 0.3) is 0 Å². The first-order valence-electron chi connectivity index (χ1n) is 12.1. The van der Waals surface area contributed by atoms with Crippen LogP contribution in [0.3, 0.4) is 0 Å². The fraction of sp³-hybridized carbons (Fsp3) is 0.538. The summed E-state index contributed by atoms with van der Waals surface area (Å²) in [4.78, 5) is 48.6. The van der Waals surface area contributed by atoms with Gasteiger partial charge in [0.1, 0.15) is 11.3 Å². The molecule has 36 heavy (non-hydrogen) atoms. The number of aryl methyl sites for hydroxylation is 3. The van der Waals surface area contributed by atoms with Crippen LogP contribution in [-0.2, 0) is 11.3 Å². The first kappa shape index (κ1) is 27.5. The molecule has 0 bridgehead atoms. The smallest absolute Gasteiger partial charge is 0.410 e. The molecule has 2 N–H and O–H groups in total. The Labute approximate surface area is 217 Å². The number of aromatic amines is 1. The van der Waals surface area contributed by atoms with Crippen LogP contribution in [0.15, 0.2) is 16.9 Å². The minimum atomic E-state index is -0.532. The number of aromatic nitrogens is 2. The number of H-pyrrole nitrogens is 1. The van der Waals surface area contributed by atoms with Gasteiger partial charge in [0.25, 0.3) is 11.5 Å². The fourth-order valence-corrected chi connectivity index (χ4v) is 4.68. The summed E-state index contributed by atoms with van der Waals surface area (Å²) in [6.45, 7) is 12.2. The van der Waals surface area contributed by atoms with Crippen LogP contribution >= 0.6 is 11.6 Å². The van der Waals surface area contributed by atoms with Gasteiger partial charge in [0.05, 0.1) is 10.7 Å². The molecular formula is C26H36ClN5O4. The maximum absolute atomic E-state index is 13.0. The summed E-state index contributed by atoms with van der Waals surface area (Å²) >= 11 is 6.69. The number of nitrogens with zero attached hydrogens (tertiary/aromatic N) is 3. The predicted octanol–water partition coefficient (Wildman–Crippen LogP) is 4.11. The lowest BCUT2D eigenvalue weighted by molar-refractivity contribution is 0.0205. The molecule has 196 valence electrons. The van der Waals surface area contributed by atoms with Crippen LogP contribution in [0.2, 0.25) is 5.02 Å². The van der Waals surface area contributed by atoms with Gasteiger partial charge < -0.3 is 24.8 Å². The van der Waals surface area contributed by atoms with Crippen molar-refractivity contribution in [2.45, 2.75) is 72.6 Å². The van der Waals surface area contributed by atoms with Crippen LogP contribution in [0.4, 0.5) is 10.5 Å². The van der Waals surface area contributed by atoms with E-state index in [1.54, 1.807) is 4.90 Å². The molecule has 2 aromatic heterocycles. The molecule has 0 spiro atoms. The van der Waals surface area contributed by atoms with Crippen LogP contribution in [0.5, 0.6) is 0 Å². The molecule has 0 aliphatic carbocycles. The van der Waals surface area contributed by atoms with Gasteiger partial charge in [0.15, 0.2) is 0 Å². The number of carbonyl (C=O) groups excluding carboxylic acids is 2. The number of ether oxygens (including phenoxy) is 1. The summed E-state index contributed by atoms with van der Waals surface area (Å²) in [5.74, 6) is -0.447. The van der Waals surface area contributed by atoms with Gasteiger partial charge in [-0.2, -0.15) is 0 Å². The molecule has 1 saturated heterocycles. The number of hydrogen-bond donors (Lipinski definition) is 2. The minimum Gasteiger partial charge on any atom is -0.444 e. The normalized spacial score (nSPS) is 14.5. The van der Waals surface area contributed by atoms with E-state index in [1.807, 2.05) is 60.7 Å². The average molecular weight is 518 g/mol. The molecule has 2 aromatic rings. The van der Waals surface area contributed by atoms with Gasteiger partial charge in [-0.3, -0.25) is 9.59 Å². The van der Waals surface area contributed by atoms with Gasteiger partial charge in [-0.05, 0) is 72.1 Å². The highest BCUT2D eigenvalue weighted by atomic mass is 35.5. The summed E-state index contributed by atoms with van der Waals surface area (Å²) in [5, 5.41) is 3.04. The SMILES string of the molecule is Cc1cc(N(C)C2CCN(C(=O)OC(C)(C)C)CC2)c(Cl)c(C(=O)NCc2c(C)cc(C)[nH]c2=O)n1. The highest BCUT2D eigenvalue weighted by Gasteiger charge is 2.30. The number of carbonyl (C=O) groups is 2. The first-order chi connectivity index (χ1) is 16.8. The summed E-state index contributed by atoms with van der Waals surface area (Å²) < 4.78 is 5.49. The summed E-state index contributed by atoms with van der Waals surface area (Å²) in [7, 11) is 1.94. The van der Waals surface area contributed by atoms with E-state index in [0.29, 0.717) is 30.0 Å². The minimum absolute atomic E-state index is 0.0700. The van der Waals surface area contributed by atoms with E-state index in [0.717, 1.165) is 24.1 Å². The zero-order valence-corrected chi connectivity index (χ0v) is 22.9. The van der Waals surface area contributed by atoms with Crippen molar-refractivity contribution in [2.24, 2.45) is 0 Å². The largest absolute Gasteiger partial charge is 0.444 e. The molecule has 9 nitrogen and oxygen atoms in total. The third kappa shape index (κ3) is 6.57. The second kappa shape index (κ2) is 10.9. The Morgan fingerprint density at radius 1 is 1.22 bits per heavy atom. The zero-order chi connectivity index (χ0) is 26.8. The molecule has 0 atom stereocenters. The van der Waals surface area contributed by atoms with Crippen molar-refractivity contribution in [1.29, 1.82) is 0 Å². The highest BCUT2D eigenvalue weighted by molar-refractivity contribution is 6.36. The third-order valence-corrected chi connectivity index (χ3v) is 6.62. The van der Waals surface area contributed by atoms with Gasteiger partial charge in [-0.25, -0.2) is 9.78 Å². The van der Waals surface area contributed by atoms with E-state index in [2.05, 4.69) is 20.2 Å². The van der Waals surface area contributed by atoms with Gasteiger partial charge in [-0.15, -0.1) is 0 Å². The Bertz CT molecular complexity index is 1200. The number of anilines is 1. The quantitative estimate of drug-likeness (QED) is 0.618. The molecule has 1 aliphatic heterocycles. The molecule has 1 aliphatic rings. The molecule has 0 aromatic carbocycles. The molecule has 1 fully saturated rings. The molecule has 3 rings (SSSR count). The van der Waals surface area contributed by atoms with Crippen LogP contribution < -0.4 is 15.8 Å². The van der Waals surface area contributed by atoms with Crippen LogP contribution in [0.1, 0.15) is 66.6 Å². The number of piperidine rings is 1. The lowest BCUT2D eigenvalue weighted by Gasteiger charge is -2.38. The van der Waals surface area contributed by atoms with Crippen molar-refractivity contribution in [1.82, 2.24) is 20.2 Å². The fourth-order valence-electron chi connectivity index (χ4n) is 4.36. The standard InChI is InChI=1S/C26H36ClN5O4/c1-15-12-16(2)30-23(33)19(15)14-28-24(34)22-21(27)20(13-17(3)29-22)31(7)18-8-10-32(11-9-18)25(35)36-26(4,5)6/h12-13,18H,8-11,14H2,1-7H3,(H,28,34)(H,30,33). The Morgan fingerprint density at radius 2 is 1.86 bits per heavy atom. The van der Waals surface area contributed by atoms with E-state index in [4.69, 9.17) is 16.3 Å². The van der Waals surface area contributed by atoms with Crippen molar-refractivity contribution >= 4 is 29.3 Å². The van der Waals surface area contributed by atoms with Crippen molar-refractivity contribution in [3.05, 3.63) is 55.7 Å². The Morgan fingerprint density at radius 3 is 2.44 bits per heavy atom. The third-order valence-electron chi connectivity index (χ3n) is 6.25. The summed E-state index contributed by atoms with van der Waals surface area (Å²) in [6.07, 6.45) is 1.18. The van der Waals surface area contributed by atoms with Gasteiger partial charge in [0.2, 0.25) is 0 Å². The first-order valence-corrected chi connectivity index (χ1v) is 12.5. The second-order valence-corrected chi connectivity index (χ2v) is 10.8. The Balaban J connectivity index is 1.71. The van der Waals surface area contributed by atoms with Gasteiger partial charge in [0, 0.05) is 49.7 Å². The summed E-state index contributed by atoms with van der Waals surface area (Å²) in [6, 6.07) is 3.85. The molecule has 2 amide bonds. The number of rotatable bonds is 5. The number of amides is 2. The van der Waals surface area contributed by atoms with Gasteiger partial charge in [-0.1, -0.05) is 11.6 Å². The van der Waals surface area contributed by atoms with E-state index in [9.17, 15) is 14.4 Å². The van der Waals surface area contributed by atoms with Crippen molar-refractivity contribution in [2.75, 3.05) is 25.0 Å². The monoisotopic (exact) mass is 517 g/mol. The maximum atomic E-state index is 13.0. The van der Waals surface area contributed by atoms with E-state index in [-0.39, 0.29) is 35.0 Å².